The van der Waals surface area contributed by atoms with Crippen LogP contribution in [0.25, 0.3) is 11.5 Å². The minimum absolute atomic E-state index is 0.0207. The van der Waals surface area contributed by atoms with Crippen molar-refractivity contribution in [2.45, 2.75) is 43.8 Å². The second kappa shape index (κ2) is 7.23. The maximum Gasteiger partial charge on any atom is 0.250 e. The Morgan fingerprint density at radius 2 is 2.11 bits per heavy atom. The Kier molecular flexibility index (Phi) is 4.90. The maximum atomic E-state index is 12.7. The number of nitrogens with one attached hydrogen (secondary N) is 1. The molecule has 2 bridgehead atoms. The van der Waals surface area contributed by atoms with E-state index in [9.17, 15) is 13.2 Å². The fourth-order valence-electron chi connectivity index (χ4n) is 4.77. The van der Waals surface area contributed by atoms with E-state index >= 15 is 0 Å². The lowest BCUT2D eigenvalue weighted by molar-refractivity contribution is -0.119. The molecular formula is C18H24N6O3S. The maximum absolute atomic E-state index is 12.7. The predicted molar refractivity (Wildman–Crippen MR) is 101 cm³/mol. The molecule has 9 nitrogen and oxygen atoms in total. The van der Waals surface area contributed by atoms with Crippen molar-refractivity contribution in [1.29, 1.82) is 0 Å². The SMILES string of the molecule is CC(NC(=O)CS(=O)(=O)c1nnc(-c2cnccn2)n1C)C1CC2CCC1C2. The molecule has 10 heteroatoms. The van der Waals surface area contributed by atoms with E-state index in [1.165, 1.54) is 49.5 Å². The number of carbonyl (C=O) groups excluding carboxylic acids is 1. The van der Waals surface area contributed by atoms with Gasteiger partial charge in [-0.3, -0.25) is 14.3 Å². The summed E-state index contributed by atoms with van der Waals surface area (Å²) in [5.41, 5.74) is 0.410. The number of rotatable bonds is 6. The van der Waals surface area contributed by atoms with Gasteiger partial charge in [-0.25, -0.2) is 13.4 Å². The Morgan fingerprint density at radius 3 is 2.75 bits per heavy atom. The van der Waals surface area contributed by atoms with Gasteiger partial charge in [0, 0.05) is 25.5 Å². The molecule has 2 aromatic heterocycles. The standard InChI is InChI=1S/C18H24N6O3S/c1-11(14-8-12-3-4-13(14)7-12)21-16(25)10-28(26,27)18-23-22-17(24(18)2)15-9-19-5-6-20-15/h5-6,9,11-14H,3-4,7-8,10H2,1-2H3,(H,21,25). The summed E-state index contributed by atoms with van der Waals surface area (Å²) >= 11 is 0. The lowest BCUT2D eigenvalue weighted by atomic mass is 9.84. The van der Waals surface area contributed by atoms with Crippen molar-refractivity contribution in [1.82, 2.24) is 30.0 Å². The fraction of sp³-hybridized carbons (Fsp3) is 0.611. The van der Waals surface area contributed by atoms with E-state index in [0.29, 0.717) is 17.5 Å². The number of aromatic nitrogens is 5. The van der Waals surface area contributed by atoms with Gasteiger partial charge in [0.1, 0.15) is 11.4 Å². The summed E-state index contributed by atoms with van der Waals surface area (Å²) in [5, 5.41) is 10.3. The van der Waals surface area contributed by atoms with E-state index in [1.807, 2.05) is 6.92 Å². The molecule has 2 aliphatic rings. The second-order valence-electron chi connectivity index (χ2n) is 7.91. The number of nitrogens with zero attached hydrogens (tertiary/aromatic N) is 5. The van der Waals surface area contributed by atoms with Crippen molar-refractivity contribution >= 4 is 15.7 Å². The predicted octanol–water partition coefficient (Wildman–Crippen LogP) is 0.987. The minimum atomic E-state index is -3.93. The van der Waals surface area contributed by atoms with Crippen LogP contribution in [0.15, 0.2) is 23.7 Å². The Bertz CT molecular complexity index is 974. The molecule has 1 N–H and O–H groups in total. The van der Waals surface area contributed by atoms with Gasteiger partial charge in [0.05, 0.1) is 6.20 Å². The molecule has 150 valence electrons. The molecule has 2 heterocycles. The first-order valence-electron chi connectivity index (χ1n) is 9.53. The molecule has 0 radical (unpaired) electrons. The first kappa shape index (κ1) is 19.0. The van der Waals surface area contributed by atoms with Gasteiger partial charge < -0.3 is 5.32 Å². The highest BCUT2D eigenvalue weighted by Crippen LogP contribution is 2.49. The lowest BCUT2D eigenvalue weighted by Crippen LogP contribution is -2.42. The van der Waals surface area contributed by atoms with E-state index in [1.54, 1.807) is 0 Å². The van der Waals surface area contributed by atoms with Gasteiger partial charge in [0.15, 0.2) is 5.82 Å². The van der Waals surface area contributed by atoms with Crippen molar-refractivity contribution in [3.63, 3.8) is 0 Å². The third-order valence-electron chi connectivity index (χ3n) is 6.05. The van der Waals surface area contributed by atoms with Gasteiger partial charge in [-0.15, -0.1) is 10.2 Å². The van der Waals surface area contributed by atoms with E-state index in [4.69, 9.17) is 0 Å². The quantitative estimate of drug-likeness (QED) is 0.762. The molecule has 2 aliphatic carbocycles. The van der Waals surface area contributed by atoms with Crippen LogP contribution in [0.5, 0.6) is 0 Å². The van der Waals surface area contributed by atoms with Gasteiger partial charge in [0.25, 0.3) is 0 Å². The van der Waals surface area contributed by atoms with Crippen LogP contribution in [0.4, 0.5) is 0 Å². The van der Waals surface area contributed by atoms with Gasteiger partial charge in [0.2, 0.25) is 20.9 Å². The summed E-state index contributed by atoms with van der Waals surface area (Å²) in [5.74, 6) is 1.01. The molecule has 4 rings (SSSR count). The van der Waals surface area contributed by atoms with Crippen molar-refractivity contribution in [2.24, 2.45) is 24.8 Å². The van der Waals surface area contributed by atoms with E-state index < -0.39 is 21.5 Å². The molecular weight excluding hydrogens is 380 g/mol. The summed E-state index contributed by atoms with van der Waals surface area (Å²) in [6, 6.07) is -0.0207. The molecule has 28 heavy (non-hydrogen) atoms. The number of amides is 1. The van der Waals surface area contributed by atoms with E-state index in [2.05, 4.69) is 25.5 Å². The summed E-state index contributed by atoms with van der Waals surface area (Å²) in [7, 11) is -2.39. The zero-order chi connectivity index (χ0) is 19.9. The van der Waals surface area contributed by atoms with Crippen LogP contribution >= 0.6 is 0 Å². The highest BCUT2D eigenvalue weighted by molar-refractivity contribution is 7.91. The van der Waals surface area contributed by atoms with Gasteiger partial charge in [-0.1, -0.05) is 6.42 Å². The number of fused-ring (bicyclic) bond motifs is 2. The normalized spacial score (nSPS) is 25.0. The molecule has 1 amide bonds. The van der Waals surface area contributed by atoms with Crippen molar-refractivity contribution in [3.05, 3.63) is 18.6 Å². The fourth-order valence-corrected chi connectivity index (χ4v) is 6.00. The Hall–Kier alpha value is -2.36. The molecule has 4 atom stereocenters. The molecule has 4 unspecified atom stereocenters. The molecule has 0 aliphatic heterocycles. The number of sulfone groups is 1. The lowest BCUT2D eigenvalue weighted by Gasteiger charge is -2.28. The van der Waals surface area contributed by atoms with Crippen LogP contribution in [0.3, 0.4) is 0 Å². The molecule has 0 spiro atoms. The second-order valence-corrected chi connectivity index (χ2v) is 9.79. The number of hydrogen-bond acceptors (Lipinski definition) is 7. The van der Waals surface area contributed by atoms with E-state index in [0.717, 1.165) is 12.3 Å². The summed E-state index contributed by atoms with van der Waals surface area (Å²) in [6.45, 7) is 1.98. The number of carbonyl (C=O) groups is 1. The third-order valence-corrected chi connectivity index (χ3v) is 7.60. The Balaban J connectivity index is 1.44. The van der Waals surface area contributed by atoms with Gasteiger partial charge in [-0.05, 0) is 43.9 Å². The first-order valence-corrected chi connectivity index (χ1v) is 11.2. The minimum Gasteiger partial charge on any atom is -0.352 e. The molecule has 2 aromatic rings. The monoisotopic (exact) mass is 404 g/mol. The smallest absolute Gasteiger partial charge is 0.250 e. The summed E-state index contributed by atoms with van der Waals surface area (Å²) in [6.07, 6.45) is 9.36. The summed E-state index contributed by atoms with van der Waals surface area (Å²) < 4.78 is 26.8. The highest BCUT2D eigenvalue weighted by Gasteiger charge is 2.42. The van der Waals surface area contributed by atoms with Crippen molar-refractivity contribution < 1.29 is 13.2 Å². The third kappa shape index (κ3) is 3.52. The molecule has 2 fully saturated rings. The topological polar surface area (TPSA) is 120 Å². The molecule has 0 aromatic carbocycles. The van der Waals surface area contributed by atoms with Crippen molar-refractivity contribution in [2.75, 3.05) is 5.75 Å². The zero-order valence-electron chi connectivity index (χ0n) is 15.9. The summed E-state index contributed by atoms with van der Waals surface area (Å²) in [4.78, 5) is 20.5. The van der Waals surface area contributed by atoms with Crippen LogP contribution < -0.4 is 5.32 Å². The van der Waals surface area contributed by atoms with E-state index in [-0.39, 0.29) is 17.0 Å². The van der Waals surface area contributed by atoms with Crippen LogP contribution in [0.1, 0.15) is 32.6 Å². The Labute approximate surface area is 163 Å². The van der Waals surface area contributed by atoms with Gasteiger partial charge >= 0.3 is 0 Å². The average Bonchev–Trinajstić information content (AvgIpc) is 3.37. The van der Waals surface area contributed by atoms with Crippen LogP contribution in [-0.2, 0) is 21.7 Å². The number of hydrogen-bond donors (Lipinski definition) is 1. The molecule has 2 saturated carbocycles. The zero-order valence-corrected chi connectivity index (χ0v) is 16.8. The average molecular weight is 404 g/mol. The van der Waals surface area contributed by atoms with Crippen LogP contribution in [-0.4, -0.2) is 50.9 Å². The first-order chi connectivity index (χ1) is 13.3. The Morgan fingerprint density at radius 1 is 1.29 bits per heavy atom. The van der Waals surface area contributed by atoms with Crippen LogP contribution in [0.2, 0.25) is 0 Å². The van der Waals surface area contributed by atoms with Gasteiger partial charge in [-0.2, -0.15) is 0 Å². The highest BCUT2D eigenvalue weighted by atomic mass is 32.2. The molecule has 0 saturated heterocycles. The van der Waals surface area contributed by atoms with Crippen molar-refractivity contribution in [3.8, 4) is 11.5 Å². The largest absolute Gasteiger partial charge is 0.352 e. The van der Waals surface area contributed by atoms with Crippen LogP contribution in [0, 0.1) is 17.8 Å².